The minimum Gasteiger partial charge on any atom is -0.466 e. The van der Waals surface area contributed by atoms with E-state index in [0.717, 1.165) is 36.0 Å². The lowest BCUT2D eigenvalue weighted by atomic mass is 9.91. The Morgan fingerprint density at radius 1 is 0.958 bits per heavy atom. The Kier molecular flexibility index (Phi) is 7.28. The molecule has 0 aliphatic heterocycles. The van der Waals surface area contributed by atoms with E-state index in [1.54, 1.807) is 0 Å². The maximum absolute atomic E-state index is 12.4. The van der Waals surface area contributed by atoms with Crippen molar-refractivity contribution in [2.45, 2.75) is 33.1 Å². The number of benzene rings is 2. The lowest BCUT2D eigenvalue weighted by molar-refractivity contribution is -0.146. The van der Waals surface area contributed by atoms with Crippen LogP contribution in [0, 0.1) is 5.92 Å². The first-order valence-electron chi connectivity index (χ1n) is 8.75. The summed E-state index contributed by atoms with van der Waals surface area (Å²) in [6.45, 7) is 4.41. The van der Waals surface area contributed by atoms with Crippen molar-refractivity contribution in [2.24, 2.45) is 5.92 Å². The van der Waals surface area contributed by atoms with Gasteiger partial charge in [0.2, 0.25) is 0 Å². The summed E-state index contributed by atoms with van der Waals surface area (Å²) in [7, 11) is 0. The fourth-order valence-corrected chi connectivity index (χ4v) is 2.74. The first-order valence-corrected chi connectivity index (χ1v) is 8.75. The smallest absolute Gasteiger partial charge is 0.312 e. The minimum absolute atomic E-state index is 0.129. The Balaban J connectivity index is 2.42. The molecule has 0 amide bonds. The second-order valence-corrected chi connectivity index (χ2v) is 5.81. The topological polar surface area (TPSA) is 26.3 Å². The zero-order valence-electron chi connectivity index (χ0n) is 14.6. The SMILES string of the molecule is CCCCC(C=C(c1ccccc1)c1ccccc1)C(=O)OCC. The van der Waals surface area contributed by atoms with Gasteiger partial charge in [-0.05, 0) is 30.0 Å². The normalized spacial score (nSPS) is 11.6. The molecule has 2 aromatic carbocycles. The third-order valence-corrected chi connectivity index (χ3v) is 4.00. The number of carbonyl (C=O) groups is 1. The summed E-state index contributed by atoms with van der Waals surface area (Å²) in [5.41, 5.74) is 3.33. The highest BCUT2D eigenvalue weighted by atomic mass is 16.5. The van der Waals surface area contributed by atoms with Gasteiger partial charge in [0.05, 0.1) is 12.5 Å². The van der Waals surface area contributed by atoms with Gasteiger partial charge >= 0.3 is 5.97 Å². The lowest BCUT2D eigenvalue weighted by Gasteiger charge is -2.15. The van der Waals surface area contributed by atoms with Crippen molar-refractivity contribution in [1.82, 2.24) is 0 Å². The van der Waals surface area contributed by atoms with Gasteiger partial charge in [0, 0.05) is 0 Å². The Morgan fingerprint density at radius 3 is 1.96 bits per heavy atom. The van der Waals surface area contributed by atoms with Crippen LogP contribution in [0.1, 0.15) is 44.2 Å². The van der Waals surface area contributed by atoms with Crippen LogP contribution in [-0.2, 0) is 9.53 Å². The number of unbranched alkanes of at least 4 members (excludes halogenated alkanes) is 1. The number of ether oxygens (including phenoxy) is 1. The van der Waals surface area contributed by atoms with Crippen LogP contribution in [0.2, 0.25) is 0 Å². The molecule has 0 N–H and O–H groups in total. The molecule has 2 aromatic rings. The third-order valence-electron chi connectivity index (χ3n) is 4.00. The van der Waals surface area contributed by atoms with Crippen LogP contribution in [0.3, 0.4) is 0 Å². The average molecular weight is 322 g/mol. The molecule has 0 bridgehead atoms. The molecule has 2 rings (SSSR count). The molecule has 1 atom stereocenters. The monoisotopic (exact) mass is 322 g/mol. The van der Waals surface area contributed by atoms with Crippen LogP contribution in [-0.4, -0.2) is 12.6 Å². The molecular weight excluding hydrogens is 296 g/mol. The second-order valence-electron chi connectivity index (χ2n) is 5.81. The maximum atomic E-state index is 12.4. The van der Waals surface area contributed by atoms with Gasteiger partial charge in [0.15, 0.2) is 0 Å². The summed E-state index contributed by atoms with van der Waals surface area (Å²) in [6, 6.07) is 20.5. The van der Waals surface area contributed by atoms with Crippen LogP contribution in [0.5, 0.6) is 0 Å². The molecule has 0 aromatic heterocycles. The summed E-state index contributed by atoms with van der Waals surface area (Å²) in [6.07, 6.45) is 4.98. The predicted molar refractivity (Wildman–Crippen MR) is 99.6 cm³/mol. The summed E-state index contributed by atoms with van der Waals surface area (Å²) in [4.78, 5) is 12.4. The largest absolute Gasteiger partial charge is 0.466 e. The highest BCUT2D eigenvalue weighted by molar-refractivity contribution is 5.84. The Bertz CT molecular complexity index is 603. The summed E-state index contributed by atoms with van der Waals surface area (Å²) < 4.78 is 5.29. The Hall–Kier alpha value is -2.35. The third kappa shape index (κ3) is 5.09. The molecule has 1 unspecified atom stereocenters. The first kappa shape index (κ1) is 18.0. The van der Waals surface area contributed by atoms with Gasteiger partial charge in [-0.25, -0.2) is 0 Å². The zero-order chi connectivity index (χ0) is 17.2. The quantitative estimate of drug-likeness (QED) is 0.601. The van der Waals surface area contributed by atoms with Crippen molar-refractivity contribution in [1.29, 1.82) is 0 Å². The van der Waals surface area contributed by atoms with Crippen LogP contribution < -0.4 is 0 Å². The van der Waals surface area contributed by atoms with E-state index < -0.39 is 0 Å². The van der Waals surface area contributed by atoms with Gasteiger partial charge in [0.25, 0.3) is 0 Å². The molecule has 0 aliphatic rings. The van der Waals surface area contributed by atoms with Gasteiger partial charge in [-0.3, -0.25) is 4.79 Å². The second kappa shape index (κ2) is 9.71. The number of esters is 1. The van der Waals surface area contributed by atoms with Crippen molar-refractivity contribution in [2.75, 3.05) is 6.61 Å². The average Bonchev–Trinajstić information content (AvgIpc) is 2.63. The van der Waals surface area contributed by atoms with Gasteiger partial charge in [0.1, 0.15) is 0 Å². The standard InChI is InChI=1S/C22H26O2/c1-3-5-12-20(22(23)24-4-2)17-21(18-13-8-6-9-14-18)19-15-10-7-11-16-19/h6-11,13-17,20H,3-5,12H2,1-2H3. The molecule has 0 radical (unpaired) electrons. The van der Waals surface area contributed by atoms with E-state index in [2.05, 4.69) is 37.3 Å². The van der Waals surface area contributed by atoms with Gasteiger partial charge in [-0.1, -0.05) is 86.5 Å². The minimum atomic E-state index is -0.208. The number of hydrogen-bond donors (Lipinski definition) is 0. The number of carbonyl (C=O) groups excluding carboxylic acids is 1. The zero-order valence-corrected chi connectivity index (χ0v) is 14.6. The highest BCUT2D eigenvalue weighted by Gasteiger charge is 2.18. The molecule has 0 aliphatic carbocycles. The molecule has 2 heteroatoms. The molecular formula is C22H26O2. The molecule has 0 spiro atoms. The van der Waals surface area contributed by atoms with Crippen LogP contribution >= 0.6 is 0 Å². The van der Waals surface area contributed by atoms with E-state index in [1.807, 2.05) is 43.3 Å². The predicted octanol–water partition coefficient (Wildman–Crippen LogP) is 5.49. The molecule has 0 heterocycles. The van der Waals surface area contributed by atoms with Gasteiger partial charge in [-0.15, -0.1) is 0 Å². The van der Waals surface area contributed by atoms with Crippen molar-refractivity contribution in [3.63, 3.8) is 0 Å². The van der Waals surface area contributed by atoms with E-state index in [-0.39, 0.29) is 11.9 Å². The summed E-state index contributed by atoms with van der Waals surface area (Å²) >= 11 is 0. The van der Waals surface area contributed by atoms with E-state index >= 15 is 0 Å². The Labute approximate surface area is 145 Å². The van der Waals surface area contributed by atoms with Crippen molar-refractivity contribution in [3.05, 3.63) is 77.9 Å². The van der Waals surface area contributed by atoms with E-state index in [9.17, 15) is 4.79 Å². The van der Waals surface area contributed by atoms with E-state index in [4.69, 9.17) is 4.74 Å². The van der Waals surface area contributed by atoms with Crippen molar-refractivity contribution >= 4 is 11.5 Å². The molecule has 0 saturated heterocycles. The summed E-state index contributed by atoms with van der Waals surface area (Å²) in [5.74, 6) is -0.337. The molecule has 0 saturated carbocycles. The molecule has 0 fully saturated rings. The highest BCUT2D eigenvalue weighted by Crippen LogP contribution is 2.27. The fraction of sp³-hybridized carbons (Fsp3) is 0.318. The number of rotatable bonds is 8. The first-order chi connectivity index (χ1) is 11.8. The van der Waals surface area contributed by atoms with Gasteiger partial charge in [-0.2, -0.15) is 0 Å². The lowest BCUT2D eigenvalue weighted by Crippen LogP contribution is -2.16. The number of hydrogen-bond acceptors (Lipinski definition) is 2. The molecule has 126 valence electrons. The Morgan fingerprint density at radius 2 is 1.50 bits per heavy atom. The van der Waals surface area contributed by atoms with Crippen molar-refractivity contribution in [3.8, 4) is 0 Å². The maximum Gasteiger partial charge on any atom is 0.312 e. The fourth-order valence-electron chi connectivity index (χ4n) is 2.74. The van der Waals surface area contributed by atoms with Gasteiger partial charge < -0.3 is 4.74 Å². The molecule has 24 heavy (non-hydrogen) atoms. The van der Waals surface area contributed by atoms with E-state index in [1.165, 1.54) is 0 Å². The van der Waals surface area contributed by atoms with Crippen LogP contribution in [0.4, 0.5) is 0 Å². The van der Waals surface area contributed by atoms with E-state index in [0.29, 0.717) is 6.61 Å². The summed E-state index contributed by atoms with van der Waals surface area (Å²) in [5, 5.41) is 0. The van der Waals surface area contributed by atoms with Crippen LogP contribution in [0.25, 0.3) is 5.57 Å². The van der Waals surface area contributed by atoms with Crippen LogP contribution in [0.15, 0.2) is 66.7 Å². The molecule has 2 nitrogen and oxygen atoms in total. The van der Waals surface area contributed by atoms with Crippen molar-refractivity contribution < 1.29 is 9.53 Å².